The number of piperazine rings is 1. The van der Waals surface area contributed by atoms with Crippen LogP contribution < -0.4 is 10.5 Å². The SMILES string of the molecule is CC(=O)c1ccc(N2CCN(C(=O)C(C)n3nc(-n4nc(C)cc4C)ccc3=O)CC2)cc1. The molecule has 1 unspecified atom stereocenters. The Balaban J connectivity index is 1.46. The number of benzene rings is 1. The quantitative estimate of drug-likeness (QED) is 0.556. The monoisotopic (exact) mass is 448 g/mol. The van der Waals surface area contributed by atoms with Crippen LogP contribution in [0, 0.1) is 13.8 Å². The van der Waals surface area contributed by atoms with Gasteiger partial charge in [0.2, 0.25) is 5.91 Å². The lowest BCUT2D eigenvalue weighted by Crippen LogP contribution is -2.51. The molecule has 3 aromatic rings. The van der Waals surface area contributed by atoms with Gasteiger partial charge in [-0.15, -0.1) is 5.10 Å². The maximum Gasteiger partial charge on any atom is 0.267 e. The van der Waals surface area contributed by atoms with E-state index in [1.54, 1.807) is 29.5 Å². The van der Waals surface area contributed by atoms with Crippen molar-refractivity contribution < 1.29 is 9.59 Å². The predicted molar refractivity (Wildman–Crippen MR) is 125 cm³/mol. The molecule has 1 aliphatic heterocycles. The Kier molecular flexibility index (Phi) is 6.13. The van der Waals surface area contributed by atoms with Crippen molar-refractivity contribution in [1.82, 2.24) is 24.5 Å². The molecule has 1 atom stereocenters. The van der Waals surface area contributed by atoms with E-state index in [-0.39, 0.29) is 17.2 Å². The van der Waals surface area contributed by atoms with E-state index in [2.05, 4.69) is 15.1 Å². The third-order valence-corrected chi connectivity index (χ3v) is 5.99. The van der Waals surface area contributed by atoms with Gasteiger partial charge in [0.25, 0.3) is 5.56 Å². The molecule has 1 aromatic carbocycles. The van der Waals surface area contributed by atoms with E-state index < -0.39 is 6.04 Å². The summed E-state index contributed by atoms with van der Waals surface area (Å²) in [5.74, 6) is 0.400. The fraction of sp³-hybridized carbons (Fsp3) is 0.375. The molecule has 0 N–H and O–H groups in total. The van der Waals surface area contributed by atoms with Gasteiger partial charge in [0.15, 0.2) is 11.6 Å². The Labute approximate surface area is 192 Å². The van der Waals surface area contributed by atoms with Crippen molar-refractivity contribution in [3.05, 3.63) is 69.8 Å². The molecule has 33 heavy (non-hydrogen) atoms. The van der Waals surface area contributed by atoms with Crippen molar-refractivity contribution in [2.75, 3.05) is 31.1 Å². The van der Waals surface area contributed by atoms with Crippen LogP contribution in [0.3, 0.4) is 0 Å². The van der Waals surface area contributed by atoms with Gasteiger partial charge in [0.1, 0.15) is 6.04 Å². The first-order valence-corrected chi connectivity index (χ1v) is 11.0. The number of anilines is 1. The number of nitrogens with zero attached hydrogens (tertiary/aromatic N) is 6. The predicted octanol–water partition coefficient (Wildman–Crippen LogP) is 2.16. The summed E-state index contributed by atoms with van der Waals surface area (Å²) in [6, 6.07) is 11.8. The first-order chi connectivity index (χ1) is 15.7. The number of aryl methyl sites for hydroxylation is 2. The molecule has 9 heteroatoms. The molecule has 3 heterocycles. The molecule has 0 radical (unpaired) electrons. The van der Waals surface area contributed by atoms with Crippen LogP contribution in [0.1, 0.15) is 41.6 Å². The van der Waals surface area contributed by atoms with Crippen LogP contribution in [-0.2, 0) is 4.79 Å². The number of amides is 1. The van der Waals surface area contributed by atoms with Crippen molar-refractivity contribution in [3.8, 4) is 5.82 Å². The lowest BCUT2D eigenvalue weighted by Gasteiger charge is -2.37. The number of hydrogen-bond donors (Lipinski definition) is 0. The molecular weight excluding hydrogens is 420 g/mol. The van der Waals surface area contributed by atoms with Gasteiger partial charge < -0.3 is 9.80 Å². The van der Waals surface area contributed by atoms with E-state index in [9.17, 15) is 14.4 Å². The van der Waals surface area contributed by atoms with Gasteiger partial charge in [-0.1, -0.05) is 0 Å². The van der Waals surface area contributed by atoms with Crippen LogP contribution in [0.4, 0.5) is 5.69 Å². The normalized spacial score (nSPS) is 14.9. The smallest absolute Gasteiger partial charge is 0.267 e. The van der Waals surface area contributed by atoms with Crippen LogP contribution in [0.15, 0.2) is 47.3 Å². The van der Waals surface area contributed by atoms with Crippen LogP contribution in [0.2, 0.25) is 0 Å². The van der Waals surface area contributed by atoms with E-state index >= 15 is 0 Å². The van der Waals surface area contributed by atoms with E-state index in [1.165, 1.54) is 10.7 Å². The molecule has 172 valence electrons. The molecule has 0 bridgehead atoms. The topological polar surface area (TPSA) is 93.3 Å². The maximum absolute atomic E-state index is 13.2. The van der Waals surface area contributed by atoms with Gasteiger partial charge in [-0.05, 0) is 64.1 Å². The Bertz CT molecular complexity index is 1240. The largest absolute Gasteiger partial charge is 0.368 e. The minimum absolute atomic E-state index is 0.0386. The summed E-state index contributed by atoms with van der Waals surface area (Å²) in [5.41, 5.74) is 3.13. The summed E-state index contributed by atoms with van der Waals surface area (Å²) in [7, 11) is 0. The highest BCUT2D eigenvalue weighted by Crippen LogP contribution is 2.19. The van der Waals surface area contributed by atoms with E-state index in [0.29, 0.717) is 37.6 Å². The Morgan fingerprint density at radius 2 is 1.61 bits per heavy atom. The van der Waals surface area contributed by atoms with Crippen molar-refractivity contribution in [1.29, 1.82) is 0 Å². The Hall–Kier alpha value is -3.75. The second-order valence-corrected chi connectivity index (χ2v) is 8.40. The summed E-state index contributed by atoms with van der Waals surface area (Å²) in [6.45, 7) is 9.50. The van der Waals surface area contributed by atoms with Crippen molar-refractivity contribution in [2.45, 2.75) is 33.7 Å². The lowest BCUT2D eigenvalue weighted by atomic mass is 10.1. The van der Waals surface area contributed by atoms with Crippen LogP contribution in [0.25, 0.3) is 5.82 Å². The highest BCUT2D eigenvalue weighted by molar-refractivity contribution is 5.94. The molecular formula is C24H28N6O3. The zero-order valence-electron chi connectivity index (χ0n) is 19.4. The standard InChI is InChI=1S/C24H28N6O3/c1-16-15-17(2)29(25-16)22-9-10-23(32)30(26-22)18(3)24(33)28-13-11-27(12-14-28)21-7-5-20(6-8-21)19(4)31/h5-10,15,18H,11-14H2,1-4H3. The summed E-state index contributed by atoms with van der Waals surface area (Å²) >= 11 is 0. The molecule has 4 rings (SSSR count). The number of carbonyl (C=O) groups excluding carboxylic acids is 2. The van der Waals surface area contributed by atoms with Gasteiger partial charge in [-0.2, -0.15) is 5.10 Å². The summed E-state index contributed by atoms with van der Waals surface area (Å²) in [4.78, 5) is 41.1. The molecule has 9 nitrogen and oxygen atoms in total. The summed E-state index contributed by atoms with van der Waals surface area (Å²) in [6.07, 6.45) is 0. The molecule has 0 saturated carbocycles. The molecule has 0 spiro atoms. The summed E-state index contributed by atoms with van der Waals surface area (Å²) in [5, 5.41) is 8.85. The average molecular weight is 449 g/mol. The molecule has 2 aromatic heterocycles. The van der Waals surface area contributed by atoms with Gasteiger partial charge in [-0.25, -0.2) is 9.36 Å². The second kappa shape index (κ2) is 9.01. The zero-order valence-corrected chi connectivity index (χ0v) is 19.4. The lowest BCUT2D eigenvalue weighted by molar-refractivity contribution is -0.135. The minimum Gasteiger partial charge on any atom is -0.368 e. The number of hydrogen-bond acceptors (Lipinski definition) is 6. The van der Waals surface area contributed by atoms with Crippen LogP contribution in [-0.4, -0.2) is 62.3 Å². The molecule has 1 fully saturated rings. The maximum atomic E-state index is 13.2. The fourth-order valence-corrected chi connectivity index (χ4v) is 4.13. The Morgan fingerprint density at radius 1 is 0.939 bits per heavy atom. The second-order valence-electron chi connectivity index (χ2n) is 8.40. The van der Waals surface area contributed by atoms with Crippen LogP contribution in [0.5, 0.6) is 0 Å². The first kappa shape index (κ1) is 22.4. The van der Waals surface area contributed by atoms with Gasteiger partial charge in [-0.3, -0.25) is 14.4 Å². The number of Topliss-reactive ketones (excluding diaryl/α,β-unsaturated/α-hetero) is 1. The molecule has 1 amide bonds. The third kappa shape index (κ3) is 4.57. The number of rotatable bonds is 5. The molecule has 0 aliphatic carbocycles. The zero-order chi connectivity index (χ0) is 23.7. The van der Waals surface area contributed by atoms with Gasteiger partial charge >= 0.3 is 0 Å². The van der Waals surface area contributed by atoms with E-state index in [4.69, 9.17) is 0 Å². The van der Waals surface area contributed by atoms with Gasteiger partial charge in [0, 0.05) is 49.2 Å². The van der Waals surface area contributed by atoms with E-state index in [1.807, 2.05) is 44.2 Å². The highest BCUT2D eigenvalue weighted by Gasteiger charge is 2.27. The Morgan fingerprint density at radius 3 is 2.18 bits per heavy atom. The minimum atomic E-state index is -0.726. The average Bonchev–Trinajstić information content (AvgIpc) is 3.16. The van der Waals surface area contributed by atoms with Crippen molar-refractivity contribution in [2.24, 2.45) is 0 Å². The van der Waals surface area contributed by atoms with Crippen molar-refractivity contribution >= 4 is 17.4 Å². The molecule has 1 saturated heterocycles. The van der Waals surface area contributed by atoms with Crippen molar-refractivity contribution in [3.63, 3.8) is 0 Å². The summed E-state index contributed by atoms with van der Waals surface area (Å²) < 4.78 is 2.90. The number of aromatic nitrogens is 4. The van der Waals surface area contributed by atoms with Crippen LogP contribution >= 0.6 is 0 Å². The molecule has 1 aliphatic rings. The third-order valence-electron chi connectivity index (χ3n) is 5.99. The fourth-order valence-electron chi connectivity index (χ4n) is 4.13. The highest BCUT2D eigenvalue weighted by atomic mass is 16.2. The number of ketones is 1. The van der Waals surface area contributed by atoms with Gasteiger partial charge in [0.05, 0.1) is 5.69 Å². The van der Waals surface area contributed by atoms with E-state index in [0.717, 1.165) is 17.1 Å². The number of carbonyl (C=O) groups is 2. The first-order valence-electron chi connectivity index (χ1n) is 11.0.